The van der Waals surface area contributed by atoms with Gasteiger partial charge < -0.3 is 10.1 Å². The first-order valence-electron chi connectivity index (χ1n) is 9.23. The Balaban J connectivity index is 1.64. The number of nitrogens with zero attached hydrogens (tertiary/aromatic N) is 2. The number of Topliss-reactive ketones (excluding diaryl/α,β-unsaturated/α-hetero) is 1. The molecular weight excluding hydrogens is 354 g/mol. The number of ketones is 1. The number of ether oxygens (including phenoxy) is 1. The molecule has 28 heavy (non-hydrogen) atoms. The summed E-state index contributed by atoms with van der Waals surface area (Å²) in [6.45, 7) is 1.94. The average Bonchev–Trinajstić information content (AvgIpc) is 3.53. The van der Waals surface area contributed by atoms with Crippen molar-refractivity contribution in [2.45, 2.75) is 25.7 Å². The lowest BCUT2D eigenvalue weighted by atomic mass is 10.1. The molecule has 2 aromatic carbocycles. The van der Waals surface area contributed by atoms with Crippen molar-refractivity contribution < 1.29 is 14.3 Å². The van der Waals surface area contributed by atoms with Gasteiger partial charge in [0.2, 0.25) is 0 Å². The minimum atomic E-state index is -0.687. The fourth-order valence-electron chi connectivity index (χ4n) is 3.20. The first-order chi connectivity index (χ1) is 13.6. The van der Waals surface area contributed by atoms with Gasteiger partial charge in [0.25, 0.3) is 11.7 Å². The third kappa shape index (κ3) is 3.41. The molecule has 142 valence electrons. The number of hydrogen-bond acceptors (Lipinski definition) is 4. The van der Waals surface area contributed by atoms with Gasteiger partial charge in [-0.3, -0.25) is 9.59 Å². The number of benzene rings is 2. The van der Waals surface area contributed by atoms with Crippen LogP contribution in [0.1, 0.15) is 40.4 Å². The zero-order valence-electron chi connectivity index (χ0n) is 15.8. The lowest BCUT2D eigenvalue weighted by Crippen LogP contribution is -2.24. The van der Waals surface area contributed by atoms with Crippen molar-refractivity contribution in [1.29, 1.82) is 0 Å². The molecule has 6 heteroatoms. The monoisotopic (exact) mass is 375 g/mol. The lowest BCUT2D eigenvalue weighted by Gasteiger charge is -2.10. The predicted molar refractivity (Wildman–Crippen MR) is 106 cm³/mol. The Labute approximate surface area is 163 Å². The fraction of sp³-hybridized carbons (Fsp3) is 0.227. The number of rotatable bonds is 6. The number of nitrogens with one attached hydrogen (secondary N) is 1. The molecule has 0 radical (unpaired) electrons. The van der Waals surface area contributed by atoms with E-state index < -0.39 is 11.7 Å². The molecule has 1 N–H and O–H groups in total. The number of anilines is 1. The van der Waals surface area contributed by atoms with E-state index in [9.17, 15) is 9.59 Å². The zero-order chi connectivity index (χ0) is 19.7. The van der Waals surface area contributed by atoms with Gasteiger partial charge in [-0.25, -0.2) is 4.68 Å². The zero-order valence-corrected chi connectivity index (χ0v) is 15.8. The fourth-order valence-corrected chi connectivity index (χ4v) is 3.20. The van der Waals surface area contributed by atoms with Crippen molar-refractivity contribution in [3.63, 3.8) is 0 Å². The van der Waals surface area contributed by atoms with E-state index in [1.165, 1.54) is 0 Å². The van der Waals surface area contributed by atoms with E-state index in [-0.39, 0.29) is 0 Å². The van der Waals surface area contributed by atoms with Gasteiger partial charge in [-0.05, 0) is 56.2 Å². The second kappa shape index (κ2) is 7.31. The second-order valence-electron chi connectivity index (χ2n) is 6.89. The van der Waals surface area contributed by atoms with E-state index in [4.69, 9.17) is 9.84 Å². The van der Waals surface area contributed by atoms with Gasteiger partial charge in [0.05, 0.1) is 18.5 Å². The maximum Gasteiger partial charge on any atom is 0.297 e. The molecule has 1 aromatic heterocycles. The summed E-state index contributed by atoms with van der Waals surface area (Å²) in [7, 11) is 1.55. The van der Waals surface area contributed by atoms with E-state index in [1.807, 2.05) is 37.3 Å². The van der Waals surface area contributed by atoms with Crippen LogP contribution in [0.4, 0.5) is 5.82 Å². The number of para-hydroxylation sites is 1. The van der Waals surface area contributed by atoms with Crippen LogP contribution in [0.5, 0.6) is 5.75 Å². The molecule has 4 rings (SSSR count). The molecule has 0 unspecified atom stereocenters. The van der Waals surface area contributed by atoms with E-state index in [0.717, 1.165) is 29.8 Å². The summed E-state index contributed by atoms with van der Waals surface area (Å²) in [5.41, 5.74) is 3.03. The van der Waals surface area contributed by atoms with Gasteiger partial charge in [0.15, 0.2) is 0 Å². The van der Waals surface area contributed by atoms with Crippen LogP contribution in [-0.2, 0) is 4.79 Å². The Morgan fingerprint density at radius 3 is 2.36 bits per heavy atom. The highest BCUT2D eigenvalue weighted by atomic mass is 16.5. The van der Waals surface area contributed by atoms with Crippen LogP contribution in [-0.4, -0.2) is 28.6 Å². The van der Waals surface area contributed by atoms with Crippen LogP contribution in [0.3, 0.4) is 0 Å². The molecule has 0 aliphatic heterocycles. The largest absolute Gasteiger partial charge is 0.497 e. The van der Waals surface area contributed by atoms with Gasteiger partial charge in [-0.15, -0.1) is 0 Å². The summed E-state index contributed by atoms with van der Waals surface area (Å²) < 4.78 is 6.80. The molecular formula is C22H21N3O3. The van der Waals surface area contributed by atoms with E-state index in [0.29, 0.717) is 23.0 Å². The molecule has 0 atom stereocenters. The molecule has 1 aliphatic rings. The van der Waals surface area contributed by atoms with E-state index in [1.54, 1.807) is 36.1 Å². The Hall–Kier alpha value is -3.41. The summed E-state index contributed by atoms with van der Waals surface area (Å²) in [5.74, 6) is 0.311. The van der Waals surface area contributed by atoms with Crippen molar-refractivity contribution in [3.05, 3.63) is 71.4 Å². The lowest BCUT2D eigenvalue weighted by molar-refractivity contribution is -0.112. The number of amides is 1. The molecule has 6 nitrogen and oxygen atoms in total. The predicted octanol–water partition coefficient (Wildman–Crippen LogP) is 3.89. The van der Waals surface area contributed by atoms with Crippen molar-refractivity contribution in [2.24, 2.45) is 0 Å². The molecule has 1 aliphatic carbocycles. The summed E-state index contributed by atoms with van der Waals surface area (Å²) >= 11 is 0. The number of hydrogen-bond donors (Lipinski definition) is 1. The third-order valence-corrected chi connectivity index (χ3v) is 4.91. The number of carbonyl (C=O) groups is 2. The molecule has 1 saturated carbocycles. The minimum Gasteiger partial charge on any atom is -0.497 e. The van der Waals surface area contributed by atoms with Crippen molar-refractivity contribution in [3.8, 4) is 11.4 Å². The van der Waals surface area contributed by atoms with Gasteiger partial charge in [0, 0.05) is 17.0 Å². The maximum absolute atomic E-state index is 12.7. The highest BCUT2D eigenvalue weighted by Gasteiger charge is 2.31. The van der Waals surface area contributed by atoms with Crippen LogP contribution in [0, 0.1) is 6.92 Å². The van der Waals surface area contributed by atoms with Crippen LogP contribution >= 0.6 is 0 Å². The molecule has 0 spiro atoms. The molecule has 1 heterocycles. The molecule has 1 fully saturated rings. The van der Waals surface area contributed by atoms with Crippen molar-refractivity contribution in [1.82, 2.24) is 9.78 Å². The van der Waals surface area contributed by atoms with Crippen LogP contribution < -0.4 is 10.1 Å². The molecule has 1 amide bonds. The normalized spacial score (nSPS) is 13.2. The Bertz CT molecular complexity index is 1020. The van der Waals surface area contributed by atoms with Gasteiger partial charge in [-0.2, -0.15) is 5.10 Å². The van der Waals surface area contributed by atoms with Crippen molar-refractivity contribution >= 4 is 17.5 Å². The third-order valence-electron chi connectivity index (χ3n) is 4.91. The Morgan fingerprint density at radius 1 is 1.07 bits per heavy atom. The van der Waals surface area contributed by atoms with Gasteiger partial charge in [0.1, 0.15) is 11.6 Å². The molecule has 0 saturated heterocycles. The summed E-state index contributed by atoms with van der Waals surface area (Å²) in [6, 6.07) is 16.1. The standard InChI is InChI=1S/C22H21N3O3/c1-14-19(15-8-9-15)24-25(17-6-4-3-5-7-17)21(14)23-22(27)20(26)16-10-12-18(28-2)13-11-16/h3-7,10-13,15H,8-9H2,1-2H3,(H,23,27). The number of carbonyl (C=O) groups excluding carboxylic acids is 2. The minimum absolute atomic E-state index is 0.309. The average molecular weight is 375 g/mol. The Kier molecular flexibility index (Phi) is 4.69. The van der Waals surface area contributed by atoms with E-state index in [2.05, 4.69) is 5.32 Å². The van der Waals surface area contributed by atoms with Crippen LogP contribution in [0.15, 0.2) is 54.6 Å². The number of methoxy groups -OCH3 is 1. The SMILES string of the molecule is COc1ccc(C(=O)C(=O)Nc2c(C)c(C3CC3)nn2-c2ccccc2)cc1. The van der Waals surface area contributed by atoms with Crippen LogP contribution in [0.2, 0.25) is 0 Å². The Morgan fingerprint density at radius 2 is 1.75 bits per heavy atom. The number of aromatic nitrogens is 2. The van der Waals surface area contributed by atoms with E-state index >= 15 is 0 Å². The summed E-state index contributed by atoms with van der Waals surface area (Å²) in [5, 5.41) is 7.51. The van der Waals surface area contributed by atoms with Gasteiger partial charge >= 0.3 is 0 Å². The van der Waals surface area contributed by atoms with Gasteiger partial charge in [-0.1, -0.05) is 18.2 Å². The molecule has 3 aromatic rings. The molecule has 0 bridgehead atoms. The quantitative estimate of drug-likeness (QED) is 0.524. The van der Waals surface area contributed by atoms with Crippen molar-refractivity contribution in [2.75, 3.05) is 12.4 Å². The van der Waals surface area contributed by atoms with Crippen LogP contribution in [0.25, 0.3) is 5.69 Å². The second-order valence-corrected chi connectivity index (χ2v) is 6.89. The smallest absolute Gasteiger partial charge is 0.297 e. The topological polar surface area (TPSA) is 73.2 Å². The summed E-state index contributed by atoms with van der Waals surface area (Å²) in [4.78, 5) is 25.2. The highest BCUT2D eigenvalue weighted by molar-refractivity contribution is 6.46. The summed E-state index contributed by atoms with van der Waals surface area (Å²) in [6.07, 6.45) is 2.20. The maximum atomic E-state index is 12.7. The highest BCUT2D eigenvalue weighted by Crippen LogP contribution is 2.42. The first kappa shape index (κ1) is 18.0. The first-order valence-corrected chi connectivity index (χ1v) is 9.23.